The Kier molecular flexibility index (Phi) is 4.95. The van der Waals surface area contributed by atoms with Crippen LogP contribution in [0.5, 0.6) is 5.75 Å². The van der Waals surface area contributed by atoms with Gasteiger partial charge in [0, 0.05) is 12.0 Å². The number of benzene rings is 2. The van der Waals surface area contributed by atoms with Gasteiger partial charge in [-0.15, -0.1) is 0 Å². The molecule has 26 heavy (non-hydrogen) atoms. The molecule has 0 bridgehead atoms. The van der Waals surface area contributed by atoms with Crippen LogP contribution < -0.4 is 10.3 Å². The Bertz CT molecular complexity index is 930. The molecule has 2 heterocycles. The summed E-state index contributed by atoms with van der Waals surface area (Å²) < 4.78 is 16.7. The first-order valence-corrected chi connectivity index (χ1v) is 8.75. The number of nitrogens with zero attached hydrogens (tertiary/aromatic N) is 1. The lowest BCUT2D eigenvalue weighted by molar-refractivity contribution is -0.183. The van der Waals surface area contributed by atoms with Crippen LogP contribution >= 0.6 is 0 Å². The van der Waals surface area contributed by atoms with Crippen LogP contribution in [0.25, 0.3) is 22.3 Å². The minimum atomic E-state index is -0.171. The highest BCUT2D eigenvalue weighted by Crippen LogP contribution is 2.20. The van der Waals surface area contributed by atoms with E-state index < -0.39 is 0 Å². The molecule has 134 valence electrons. The molecule has 0 saturated carbocycles. The fraction of sp³-hybridized carbons (Fsp3) is 0.300. The number of nitrogens with one attached hydrogen (secondary N) is 1. The quantitative estimate of drug-likeness (QED) is 0.764. The second kappa shape index (κ2) is 7.68. The van der Waals surface area contributed by atoms with Crippen molar-refractivity contribution in [3.05, 3.63) is 58.9 Å². The number of hydrogen-bond donors (Lipinski definition) is 1. The Labute approximate surface area is 150 Å². The lowest BCUT2D eigenvalue weighted by atomic mass is 10.2. The Morgan fingerprint density at radius 3 is 2.65 bits per heavy atom. The van der Waals surface area contributed by atoms with Gasteiger partial charge in [-0.05, 0) is 42.8 Å². The van der Waals surface area contributed by atoms with Crippen LogP contribution in [0.4, 0.5) is 0 Å². The van der Waals surface area contributed by atoms with Crippen molar-refractivity contribution in [1.29, 1.82) is 0 Å². The molecule has 0 unspecified atom stereocenters. The van der Waals surface area contributed by atoms with Gasteiger partial charge in [-0.25, -0.2) is 4.98 Å². The molecule has 0 aliphatic carbocycles. The molecule has 4 rings (SSSR count). The zero-order valence-corrected chi connectivity index (χ0v) is 14.3. The predicted molar refractivity (Wildman–Crippen MR) is 98.2 cm³/mol. The van der Waals surface area contributed by atoms with Crippen molar-refractivity contribution in [3.63, 3.8) is 0 Å². The normalized spacial score (nSPS) is 15.2. The number of aromatic nitrogens is 2. The molecule has 0 atom stereocenters. The van der Waals surface area contributed by atoms with Crippen LogP contribution in [0.3, 0.4) is 0 Å². The highest BCUT2D eigenvalue weighted by Gasteiger charge is 2.14. The first-order valence-electron chi connectivity index (χ1n) is 8.75. The molecule has 1 N–H and O–H groups in total. The molecule has 1 fully saturated rings. The molecule has 3 aromatic rings. The van der Waals surface area contributed by atoms with Gasteiger partial charge in [0.15, 0.2) is 6.29 Å². The van der Waals surface area contributed by atoms with Gasteiger partial charge in [-0.2, -0.15) is 0 Å². The summed E-state index contributed by atoms with van der Waals surface area (Å²) in [7, 11) is 0. The summed E-state index contributed by atoms with van der Waals surface area (Å²) in [6.07, 6.45) is 1.47. The van der Waals surface area contributed by atoms with E-state index >= 15 is 0 Å². The van der Waals surface area contributed by atoms with E-state index in [2.05, 4.69) is 9.97 Å². The third-order valence-electron chi connectivity index (χ3n) is 4.26. The standard InChI is InChI=1S/C20H20N2O4/c23-20-16-4-1-2-5-17(16)21-19(22-20)14-6-8-15(9-7-14)24-13-10-18-25-11-3-12-26-18/h1-2,4-9,18H,3,10-13H2,(H,21,22,23). The molecule has 1 aliphatic heterocycles. The van der Waals surface area contributed by atoms with Crippen LogP contribution in [-0.4, -0.2) is 36.1 Å². The van der Waals surface area contributed by atoms with E-state index in [9.17, 15) is 4.79 Å². The number of para-hydroxylation sites is 1. The number of fused-ring (bicyclic) bond motifs is 1. The Hall–Kier alpha value is -2.70. The maximum absolute atomic E-state index is 12.2. The summed E-state index contributed by atoms with van der Waals surface area (Å²) in [6.45, 7) is 2.02. The molecule has 0 amide bonds. The van der Waals surface area contributed by atoms with Gasteiger partial charge in [-0.3, -0.25) is 4.79 Å². The second-order valence-corrected chi connectivity index (χ2v) is 6.12. The lowest BCUT2D eigenvalue weighted by Crippen LogP contribution is -2.26. The molecule has 2 aromatic carbocycles. The number of ether oxygens (including phenoxy) is 3. The molecule has 0 spiro atoms. The van der Waals surface area contributed by atoms with Crippen LogP contribution in [0, 0.1) is 0 Å². The fourth-order valence-corrected chi connectivity index (χ4v) is 2.91. The van der Waals surface area contributed by atoms with Gasteiger partial charge in [0.1, 0.15) is 11.6 Å². The molecule has 0 radical (unpaired) electrons. The number of rotatable bonds is 5. The number of hydrogen-bond acceptors (Lipinski definition) is 5. The van der Waals surface area contributed by atoms with Gasteiger partial charge in [0.05, 0.1) is 30.7 Å². The zero-order chi connectivity index (χ0) is 17.8. The molecule has 1 aliphatic rings. The van der Waals surface area contributed by atoms with E-state index in [0.29, 0.717) is 29.8 Å². The van der Waals surface area contributed by atoms with E-state index in [-0.39, 0.29) is 11.8 Å². The van der Waals surface area contributed by atoms with Crippen molar-refractivity contribution >= 4 is 10.9 Å². The first kappa shape index (κ1) is 16.8. The summed E-state index contributed by atoms with van der Waals surface area (Å²) in [6, 6.07) is 14.8. The third kappa shape index (κ3) is 3.76. The van der Waals surface area contributed by atoms with E-state index in [1.54, 1.807) is 6.07 Å². The molecular formula is C20H20N2O4. The summed E-state index contributed by atoms with van der Waals surface area (Å²) in [5.41, 5.74) is 1.37. The smallest absolute Gasteiger partial charge is 0.259 e. The van der Waals surface area contributed by atoms with Crippen molar-refractivity contribution in [3.8, 4) is 17.1 Å². The third-order valence-corrected chi connectivity index (χ3v) is 4.26. The maximum Gasteiger partial charge on any atom is 0.259 e. The van der Waals surface area contributed by atoms with Crippen LogP contribution in [0.15, 0.2) is 53.3 Å². The molecule has 6 heteroatoms. The zero-order valence-electron chi connectivity index (χ0n) is 14.3. The van der Waals surface area contributed by atoms with Crippen LogP contribution in [0.2, 0.25) is 0 Å². The first-order chi connectivity index (χ1) is 12.8. The summed E-state index contributed by atoms with van der Waals surface area (Å²) in [5.74, 6) is 1.30. The lowest BCUT2D eigenvalue weighted by Gasteiger charge is -2.23. The Morgan fingerprint density at radius 1 is 1.08 bits per heavy atom. The minimum Gasteiger partial charge on any atom is -0.493 e. The van der Waals surface area contributed by atoms with Gasteiger partial charge in [-0.1, -0.05) is 12.1 Å². The van der Waals surface area contributed by atoms with Crippen molar-refractivity contribution in [1.82, 2.24) is 9.97 Å². The summed E-state index contributed by atoms with van der Waals surface area (Å²) in [5, 5.41) is 0.586. The van der Waals surface area contributed by atoms with E-state index in [4.69, 9.17) is 14.2 Å². The number of aromatic amines is 1. The fourth-order valence-electron chi connectivity index (χ4n) is 2.91. The average Bonchev–Trinajstić information content (AvgIpc) is 2.69. The van der Waals surface area contributed by atoms with Gasteiger partial charge in [0.25, 0.3) is 5.56 Å². The largest absolute Gasteiger partial charge is 0.493 e. The second-order valence-electron chi connectivity index (χ2n) is 6.12. The monoisotopic (exact) mass is 352 g/mol. The summed E-state index contributed by atoms with van der Waals surface area (Å²) in [4.78, 5) is 19.5. The summed E-state index contributed by atoms with van der Waals surface area (Å²) >= 11 is 0. The average molecular weight is 352 g/mol. The Balaban J connectivity index is 1.43. The van der Waals surface area contributed by atoms with Crippen LogP contribution in [0.1, 0.15) is 12.8 Å². The molecular weight excluding hydrogens is 332 g/mol. The van der Waals surface area contributed by atoms with Crippen molar-refractivity contribution in [2.45, 2.75) is 19.1 Å². The molecule has 1 saturated heterocycles. The topological polar surface area (TPSA) is 73.4 Å². The van der Waals surface area contributed by atoms with Crippen molar-refractivity contribution in [2.24, 2.45) is 0 Å². The minimum absolute atomic E-state index is 0.140. The van der Waals surface area contributed by atoms with Crippen molar-refractivity contribution < 1.29 is 14.2 Å². The maximum atomic E-state index is 12.2. The SMILES string of the molecule is O=c1[nH]c(-c2ccc(OCCC3OCCCO3)cc2)nc2ccccc12. The number of H-pyrrole nitrogens is 1. The van der Waals surface area contributed by atoms with Crippen molar-refractivity contribution in [2.75, 3.05) is 19.8 Å². The van der Waals surface area contributed by atoms with E-state index in [1.165, 1.54) is 0 Å². The van der Waals surface area contributed by atoms with Crippen LogP contribution in [-0.2, 0) is 9.47 Å². The van der Waals surface area contributed by atoms with Gasteiger partial charge < -0.3 is 19.2 Å². The Morgan fingerprint density at radius 2 is 1.85 bits per heavy atom. The van der Waals surface area contributed by atoms with Gasteiger partial charge in [0.2, 0.25) is 0 Å². The highest BCUT2D eigenvalue weighted by atomic mass is 16.7. The molecule has 1 aromatic heterocycles. The highest BCUT2D eigenvalue weighted by molar-refractivity contribution is 5.79. The van der Waals surface area contributed by atoms with E-state index in [1.807, 2.05) is 42.5 Å². The van der Waals surface area contributed by atoms with E-state index in [0.717, 1.165) is 30.9 Å². The van der Waals surface area contributed by atoms with Gasteiger partial charge >= 0.3 is 0 Å². The molecule has 6 nitrogen and oxygen atoms in total. The predicted octanol–water partition coefficient (Wildman–Crippen LogP) is 3.12.